The average molecular weight is 340 g/mol. The highest BCUT2D eigenvalue weighted by Gasteiger charge is 2.30. The van der Waals surface area contributed by atoms with E-state index in [1.165, 1.54) is 25.1 Å². The largest absolute Gasteiger partial charge is 0.416 e. The number of aliphatic hydroxyl groups excluding tert-OH is 1. The van der Waals surface area contributed by atoms with E-state index in [0.29, 0.717) is 0 Å². The van der Waals surface area contributed by atoms with E-state index in [1.54, 1.807) is 0 Å². The van der Waals surface area contributed by atoms with Gasteiger partial charge in [0.25, 0.3) is 11.5 Å². The van der Waals surface area contributed by atoms with E-state index < -0.39 is 29.3 Å². The third-order valence-corrected chi connectivity index (χ3v) is 3.18. The second-order valence-electron chi connectivity index (χ2n) is 5.23. The van der Waals surface area contributed by atoms with Gasteiger partial charge in [0, 0.05) is 24.5 Å². The molecule has 0 bridgehead atoms. The summed E-state index contributed by atoms with van der Waals surface area (Å²) < 4.78 is 39.3. The van der Waals surface area contributed by atoms with Crippen LogP contribution < -0.4 is 10.9 Å². The molecule has 0 aliphatic heterocycles. The van der Waals surface area contributed by atoms with E-state index in [4.69, 9.17) is 5.11 Å². The first-order valence-corrected chi connectivity index (χ1v) is 7.05. The molecule has 2 aromatic rings. The molecule has 2 N–H and O–H groups in total. The van der Waals surface area contributed by atoms with E-state index >= 15 is 0 Å². The minimum absolute atomic E-state index is 0.00000115. The minimum Gasteiger partial charge on any atom is -0.392 e. The number of pyridine rings is 1. The van der Waals surface area contributed by atoms with Gasteiger partial charge in [-0.15, -0.1) is 0 Å². The summed E-state index contributed by atoms with van der Waals surface area (Å²) in [7, 11) is 0. The summed E-state index contributed by atoms with van der Waals surface area (Å²) in [5.74, 6) is -0.545. The highest BCUT2D eigenvalue weighted by atomic mass is 19.4. The summed E-state index contributed by atoms with van der Waals surface area (Å²) in [6.07, 6.45) is -4.12. The van der Waals surface area contributed by atoms with Gasteiger partial charge in [-0.2, -0.15) is 13.2 Å². The quantitative estimate of drug-likeness (QED) is 0.894. The Morgan fingerprint density at radius 2 is 2.00 bits per heavy atom. The van der Waals surface area contributed by atoms with Gasteiger partial charge >= 0.3 is 6.18 Å². The van der Waals surface area contributed by atoms with Gasteiger partial charge in [-0.05, 0) is 31.2 Å². The number of hydrogen-bond acceptors (Lipinski definition) is 3. The van der Waals surface area contributed by atoms with Crippen LogP contribution in [0.15, 0.2) is 47.4 Å². The summed E-state index contributed by atoms with van der Waals surface area (Å²) in [6.45, 7) is 1.51. The van der Waals surface area contributed by atoms with Crippen molar-refractivity contribution in [3.63, 3.8) is 0 Å². The van der Waals surface area contributed by atoms with Gasteiger partial charge < -0.3 is 10.4 Å². The molecule has 1 atom stereocenters. The Labute approximate surface area is 135 Å². The Morgan fingerprint density at radius 3 is 2.62 bits per heavy atom. The number of carbonyl (C=O) groups is 1. The molecular formula is C16H15F3N2O3. The van der Waals surface area contributed by atoms with Crippen LogP contribution in [-0.4, -0.2) is 28.2 Å². The van der Waals surface area contributed by atoms with E-state index in [0.717, 1.165) is 29.0 Å². The van der Waals surface area contributed by atoms with E-state index in [2.05, 4.69) is 5.32 Å². The molecule has 0 spiro atoms. The summed E-state index contributed by atoms with van der Waals surface area (Å²) in [4.78, 5) is 23.9. The molecule has 1 aromatic heterocycles. The number of hydrogen-bond donors (Lipinski definition) is 2. The molecule has 24 heavy (non-hydrogen) atoms. The van der Waals surface area contributed by atoms with Crippen LogP contribution in [0.1, 0.15) is 22.8 Å². The maximum Gasteiger partial charge on any atom is 0.416 e. The fourth-order valence-electron chi connectivity index (χ4n) is 2.00. The van der Waals surface area contributed by atoms with Crippen molar-refractivity contribution in [1.82, 2.24) is 9.88 Å². The van der Waals surface area contributed by atoms with Crippen LogP contribution in [0, 0.1) is 0 Å². The van der Waals surface area contributed by atoms with Crippen LogP contribution >= 0.6 is 0 Å². The monoisotopic (exact) mass is 340 g/mol. The van der Waals surface area contributed by atoms with E-state index in [-0.39, 0.29) is 17.8 Å². The van der Waals surface area contributed by atoms with Crippen LogP contribution in [0.25, 0.3) is 5.69 Å². The zero-order chi connectivity index (χ0) is 17.9. The van der Waals surface area contributed by atoms with Crippen molar-refractivity contribution in [2.75, 3.05) is 6.54 Å². The van der Waals surface area contributed by atoms with Gasteiger partial charge in [0.1, 0.15) is 0 Å². The number of nitrogens with zero attached hydrogens (tertiary/aromatic N) is 1. The molecule has 0 radical (unpaired) electrons. The van der Waals surface area contributed by atoms with Gasteiger partial charge in [-0.3, -0.25) is 14.2 Å². The minimum atomic E-state index is -4.54. The molecule has 8 heteroatoms. The smallest absolute Gasteiger partial charge is 0.392 e. The Hall–Kier alpha value is -2.61. The second kappa shape index (κ2) is 6.88. The lowest BCUT2D eigenvalue weighted by Crippen LogP contribution is -2.31. The van der Waals surface area contributed by atoms with Gasteiger partial charge in [-0.25, -0.2) is 0 Å². The number of aliphatic hydroxyl groups is 1. The topological polar surface area (TPSA) is 71.3 Å². The van der Waals surface area contributed by atoms with Crippen molar-refractivity contribution in [3.05, 3.63) is 64.1 Å². The van der Waals surface area contributed by atoms with Crippen molar-refractivity contribution in [3.8, 4) is 5.69 Å². The van der Waals surface area contributed by atoms with Crippen LogP contribution in [0.4, 0.5) is 13.2 Å². The predicted octanol–water partition coefficient (Wildman–Crippen LogP) is 1.97. The zero-order valence-corrected chi connectivity index (χ0v) is 12.7. The number of aromatic nitrogens is 1. The highest BCUT2D eigenvalue weighted by molar-refractivity contribution is 5.93. The van der Waals surface area contributed by atoms with Gasteiger partial charge in [0.15, 0.2) is 0 Å². The predicted molar refractivity (Wildman–Crippen MR) is 81.1 cm³/mol. The average Bonchev–Trinajstić information content (AvgIpc) is 2.52. The van der Waals surface area contributed by atoms with Crippen LogP contribution in [-0.2, 0) is 6.18 Å². The standard InChI is InChI=1S/C16H15F3N2O3/c1-10(22)8-20-15(24)11-5-6-14(23)21(9-11)13-4-2-3-12(7-13)16(17,18)19/h2-7,9-10,22H,8H2,1H3,(H,20,24)/t10-/m0/s1. The number of rotatable bonds is 4. The molecule has 1 heterocycles. The van der Waals surface area contributed by atoms with Crippen LogP contribution in [0.5, 0.6) is 0 Å². The lowest BCUT2D eigenvalue weighted by molar-refractivity contribution is -0.137. The van der Waals surface area contributed by atoms with Crippen molar-refractivity contribution >= 4 is 5.91 Å². The normalized spacial score (nSPS) is 12.7. The third-order valence-electron chi connectivity index (χ3n) is 3.18. The molecular weight excluding hydrogens is 325 g/mol. The third kappa shape index (κ3) is 4.23. The summed E-state index contributed by atoms with van der Waals surface area (Å²) in [6, 6.07) is 6.62. The zero-order valence-electron chi connectivity index (χ0n) is 12.7. The maximum atomic E-state index is 12.8. The number of nitrogens with one attached hydrogen (secondary N) is 1. The Balaban J connectivity index is 2.39. The molecule has 5 nitrogen and oxygen atoms in total. The molecule has 128 valence electrons. The number of benzene rings is 1. The van der Waals surface area contributed by atoms with Gasteiger partial charge in [0.2, 0.25) is 0 Å². The second-order valence-corrected chi connectivity index (χ2v) is 5.23. The first-order chi connectivity index (χ1) is 11.2. The molecule has 0 saturated carbocycles. The van der Waals surface area contributed by atoms with Crippen molar-refractivity contribution in [1.29, 1.82) is 0 Å². The molecule has 0 fully saturated rings. The number of halogens is 3. The lowest BCUT2D eigenvalue weighted by Gasteiger charge is -2.12. The summed E-state index contributed by atoms with van der Waals surface area (Å²) in [5.41, 5.74) is -1.37. The molecule has 0 saturated heterocycles. The first kappa shape index (κ1) is 17.7. The molecule has 0 aliphatic carbocycles. The molecule has 2 rings (SSSR count). The van der Waals surface area contributed by atoms with Gasteiger partial charge in [0.05, 0.1) is 17.2 Å². The van der Waals surface area contributed by atoms with E-state index in [1.807, 2.05) is 0 Å². The maximum absolute atomic E-state index is 12.8. The fraction of sp³-hybridized carbons (Fsp3) is 0.250. The molecule has 0 unspecified atom stereocenters. The first-order valence-electron chi connectivity index (χ1n) is 7.05. The van der Waals surface area contributed by atoms with Crippen molar-refractivity contribution in [2.24, 2.45) is 0 Å². The highest BCUT2D eigenvalue weighted by Crippen LogP contribution is 2.30. The van der Waals surface area contributed by atoms with Crippen LogP contribution in [0.2, 0.25) is 0 Å². The summed E-state index contributed by atoms with van der Waals surface area (Å²) in [5, 5.41) is 11.6. The van der Waals surface area contributed by atoms with Crippen LogP contribution in [0.3, 0.4) is 0 Å². The molecule has 1 amide bonds. The Kier molecular flexibility index (Phi) is 5.08. The molecule has 1 aromatic carbocycles. The van der Waals surface area contributed by atoms with Crippen molar-refractivity contribution in [2.45, 2.75) is 19.2 Å². The fourth-order valence-corrected chi connectivity index (χ4v) is 2.00. The lowest BCUT2D eigenvalue weighted by atomic mass is 10.2. The van der Waals surface area contributed by atoms with Gasteiger partial charge in [-0.1, -0.05) is 6.07 Å². The Bertz CT molecular complexity index is 798. The summed E-state index contributed by atoms with van der Waals surface area (Å²) >= 11 is 0. The number of amides is 1. The number of alkyl halides is 3. The SMILES string of the molecule is C[C@H](O)CNC(=O)c1ccc(=O)n(-c2cccc(C(F)(F)F)c2)c1. The van der Waals surface area contributed by atoms with E-state index in [9.17, 15) is 22.8 Å². The number of carbonyl (C=O) groups excluding carboxylic acids is 1. The van der Waals surface area contributed by atoms with Crippen molar-refractivity contribution < 1.29 is 23.1 Å². The Morgan fingerprint density at radius 1 is 1.29 bits per heavy atom. The molecule has 0 aliphatic rings.